The van der Waals surface area contributed by atoms with E-state index in [1.54, 1.807) is 0 Å². The Balaban J connectivity index is 2.05. The fraction of sp³-hybridized carbons (Fsp3) is 0.273. The Hall–Kier alpha value is -1.26. The largest absolute Gasteiger partial charge is 0.314 e. The zero-order valence-corrected chi connectivity index (χ0v) is 6.88. The predicted octanol–water partition coefficient (Wildman–Crippen LogP) is 1.26. The maximum absolute atomic E-state index is 3.22. The van der Waals surface area contributed by atoms with Gasteiger partial charge in [0.1, 0.15) is 0 Å². The van der Waals surface area contributed by atoms with Crippen molar-refractivity contribution >= 4 is 0 Å². The lowest BCUT2D eigenvalue weighted by Crippen LogP contribution is -2.40. The van der Waals surface area contributed by atoms with Gasteiger partial charge in [0.15, 0.2) is 0 Å². The molecule has 1 nitrogen and oxygen atoms in total. The molecule has 0 spiro atoms. The molecule has 0 amide bonds. The fourth-order valence-electron chi connectivity index (χ4n) is 1.10. The topological polar surface area (TPSA) is 12.0 Å². The normalized spacial score (nSPS) is 16.0. The first-order valence-corrected chi connectivity index (χ1v) is 4.22. The summed E-state index contributed by atoms with van der Waals surface area (Å²) in [6.07, 6.45) is 0. The third-order valence-electron chi connectivity index (χ3n) is 1.98. The molecule has 0 aromatic heterocycles. The average molecular weight is 157 g/mol. The van der Waals surface area contributed by atoms with Crippen LogP contribution in [-0.4, -0.2) is 13.1 Å². The average Bonchev–Trinajstić information content (AvgIpc) is 2.04. The first kappa shape index (κ1) is 7.39. The Morgan fingerprint density at radius 2 is 1.92 bits per heavy atom. The van der Waals surface area contributed by atoms with Gasteiger partial charge in [-0.25, -0.2) is 0 Å². The van der Waals surface area contributed by atoms with Crippen molar-refractivity contribution in [2.24, 2.45) is 5.92 Å². The number of nitrogens with one attached hydrogen (secondary N) is 1. The molecule has 0 atom stereocenters. The summed E-state index contributed by atoms with van der Waals surface area (Å²) in [5.41, 5.74) is 1.12. The minimum Gasteiger partial charge on any atom is -0.314 e. The van der Waals surface area contributed by atoms with Gasteiger partial charge in [0.25, 0.3) is 0 Å². The second-order valence-corrected chi connectivity index (χ2v) is 2.99. The number of hydrogen-bond donors (Lipinski definition) is 1. The molecule has 60 valence electrons. The predicted molar refractivity (Wildman–Crippen MR) is 49.7 cm³/mol. The Morgan fingerprint density at radius 1 is 1.17 bits per heavy atom. The van der Waals surface area contributed by atoms with Gasteiger partial charge in [-0.15, -0.1) is 0 Å². The van der Waals surface area contributed by atoms with E-state index in [2.05, 4.69) is 17.2 Å². The minimum atomic E-state index is 0.574. The van der Waals surface area contributed by atoms with Crippen molar-refractivity contribution in [2.75, 3.05) is 13.1 Å². The molecule has 0 radical (unpaired) electrons. The van der Waals surface area contributed by atoms with Crippen LogP contribution in [0.5, 0.6) is 0 Å². The fourth-order valence-corrected chi connectivity index (χ4v) is 1.10. The van der Waals surface area contributed by atoms with Crippen LogP contribution in [0.1, 0.15) is 5.56 Å². The quantitative estimate of drug-likeness (QED) is 0.559. The van der Waals surface area contributed by atoms with Crippen molar-refractivity contribution in [2.45, 2.75) is 0 Å². The van der Waals surface area contributed by atoms with Gasteiger partial charge in [-0.1, -0.05) is 30.0 Å². The summed E-state index contributed by atoms with van der Waals surface area (Å²) in [4.78, 5) is 0. The van der Waals surface area contributed by atoms with Crippen LogP contribution >= 0.6 is 0 Å². The second-order valence-electron chi connectivity index (χ2n) is 2.99. The number of hydrogen-bond acceptors (Lipinski definition) is 1. The van der Waals surface area contributed by atoms with E-state index in [0.29, 0.717) is 5.92 Å². The number of benzene rings is 1. The minimum absolute atomic E-state index is 0.574. The molecule has 1 heterocycles. The first-order chi connectivity index (χ1) is 5.95. The molecule has 1 fully saturated rings. The zero-order valence-electron chi connectivity index (χ0n) is 6.88. The van der Waals surface area contributed by atoms with Crippen molar-refractivity contribution in [1.82, 2.24) is 5.32 Å². The highest BCUT2D eigenvalue weighted by molar-refractivity contribution is 5.34. The van der Waals surface area contributed by atoms with E-state index in [9.17, 15) is 0 Å². The van der Waals surface area contributed by atoms with Crippen molar-refractivity contribution in [1.29, 1.82) is 0 Å². The SMILES string of the molecule is C(#CC1CNC1)c1ccccc1. The Labute approximate surface area is 72.8 Å². The smallest absolute Gasteiger partial charge is 0.0455 e. The van der Waals surface area contributed by atoms with E-state index in [4.69, 9.17) is 0 Å². The lowest BCUT2D eigenvalue weighted by Gasteiger charge is -2.21. The Morgan fingerprint density at radius 3 is 2.50 bits per heavy atom. The van der Waals surface area contributed by atoms with Crippen LogP contribution in [0.15, 0.2) is 30.3 Å². The van der Waals surface area contributed by atoms with E-state index in [-0.39, 0.29) is 0 Å². The summed E-state index contributed by atoms with van der Waals surface area (Å²) >= 11 is 0. The first-order valence-electron chi connectivity index (χ1n) is 4.22. The van der Waals surface area contributed by atoms with Gasteiger partial charge >= 0.3 is 0 Å². The summed E-state index contributed by atoms with van der Waals surface area (Å²) in [6.45, 7) is 2.11. The van der Waals surface area contributed by atoms with E-state index in [0.717, 1.165) is 18.7 Å². The lowest BCUT2D eigenvalue weighted by molar-refractivity contribution is 0.432. The lowest BCUT2D eigenvalue weighted by atomic mass is 10.0. The van der Waals surface area contributed by atoms with Crippen LogP contribution in [-0.2, 0) is 0 Å². The van der Waals surface area contributed by atoms with Crippen molar-refractivity contribution < 1.29 is 0 Å². The molecule has 1 aromatic rings. The van der Waals surface area contributed by atoms with Crippen LogP contribution in [0.2, 0.25) is 0 Å². The third kappa shape index (κ3) is 1.66. The van der Waals surface area contributed by atoms with Crippen LogP contribution in [0.3, 0.4) is 0 Å². The molecule has 1 aliphatic heterocycles. The molecular formula is C11H11N. The molecule has 12 heavy (non-hydrogen) atoms. The summed E-state index contributed by atoms with van der Waals surface area (Å²) < 4.78 is 0. The molecule has 1 heteroatoms. The molecule has 0 unspecified atom stereocenters. The summed E-state index contributed by atoms with van der Waals surface area (Å²) in [6, 6.07) is 10.1. The van der Waals surface area contributed by atoms with E-state index in [1.165, 1.54) is 0 Å². The van der Waals surface area contributed by atoms with E-state index < -0.39 is 0 Å². The Kier molecular flexibility index (Phi) is 2.11. The molecular weight excluding hydrogens is 146 g/mol. The highest BCUT2D eigenvalue weighted by atomic mass is 14.9. The maximum atomic E-state index is 3.22. The highest BCUT2D eigenvalue weighted by Crippen LogP contribution is 2.01. The summed E-state index contributed by atoms with van der Waals surface area (Å²) in [7, 11) is 0. The van der Waals surface area contributed by atoms with Crippen molar-refractivity contribution in [3.8, 4) is 11.8 Å². The van der Waals surface area contributed by atoms with Gasteiger partial charge in [-0.2, -0.15) is 0 Å². The number of rotatable bonds is 0. The molecule has 1 aliphatic rings. The molecule has 1 aromatic carbocycles. The molecule has 1 N–H and O–H groups in total. The zero-order chi connectivity index (χ0) is 8.23. The van der Waals surface area contributed by atoms with Crippen molar-refractivity contribution in [3.05, 3.63) is 35.9 Å². The molecule has 1 saturated heterocycles. The summed E-state index contributed by atoms with van der Waals surface area (Å²) in [5, 5.41) is 3.19. The van der Waals surface area contributed by atoms with Crippen LogP contribution in [0.4, 0.5) is 0 Å². The molecule has 0 bridgehead atoms. The van der Waals surface area contributed by atoms with Gasteiger partial charge in [0.2, 0.25) is 0 Å². The van der Waals surface area contributed by atoms with Crippen LogP contribution < -0.4 is 5.32 Å². The van der Waals surface area contributed by atoms with Gasteiger partial charge in [0.05, 0.1) is 0 Å². The van der Waals surface area contributed by atoms with Crippen LogP contribution in [0, 0.1) is 17.8 Å². The second kappa shape index (κ2) is 3.42. The van der Waals surface area contributed by atoms with Crippen LogP contribution in [0.25, 0.3) is 0 Å². The monoisotopic (exact) mass is 157 g/mol. The van der Waals surface area contributed by atoms with Gasteiger partial charge < -0.3 is 5.32 Å². The van der Waals surface area contributed by atoms with Gasteiger partial charge in [-0.05, 0) is 12.1 Å². The van der Waals surface area contributed by atoms with E-state index in [1.807, 2.05) is 30.3 Å². The van der Waals surface area contributed by atoms with E-state index >= 15 is 0 Å². The van der Waals surface area contributed by atoms with Crippen molar-refractivity contribution in [3.63, 3.8) is 0 Å². The highest BCUT2D eigenvalue weighted by Gasteiger charge is 2.12. The maximum Gasteiger partial charge on any atom is 0.0455 e. The standard InChI is InChI=1S/C11H11N/c1-2-4-10(5-3-1)6-7-11-8-12-9-11/h1-5,11-12H,8-9H2. The van der Waals surface area contributed by atoms with Gasteiger partial charge in [-0.3, -0.25) is 0 Å². The molecule has 2 rings (SSSR count). The Bertz CT molecular complexity index is 301. The third-order valence-corrected chi connectivity index (χ3v) is 1.98. The summed E-state index contributed by atoms with van der Waals surface area (Å²) in [5.74, 6) is 6.95. The molecule has 0 saturated carbocycles. The molecule has 0 aliphatic carbocycles. The van der Waals surface area contributed by atoms with Gasteiger partial charge in [0, 0.05) is 24.6 Å².